The smallest absolute Gasteiger partial charge is 0.406 e. The van der Waals surface area contributed by atoms with Gasteiger partial charge in [-0.05, 0) is 26.8 Å². The van der Waals surface area contributed by atoms with Gasteiger partial charge in [0.1, 0.15) is 6.54 Å². The zero-order valence-electron chi connectivity index (χ0n) is 13.9. The van der Waals surface area contributed by atoms with Gasteiger partial charge in [-0.2, -0.15) is 13.2 Å². The Bertz CT molecular complexity index is 793. The topological polar surface area (TPSA) is 61.2 Å². The van der Waals surface area contributed by atoms with Gasteiger partial charge in [0.25, 0.3) is 0 Å². The van der Waals surface area contributed by atoms with Crippen LogP contribution in [-0.2, 0) is 22.5 Å². The first-order valence-electron chi connectivity index (χ1n) is 7.40. The van der Waals surface area contributed by atoms with E-state index in [0.717, 1.165) is 9.57 Å². The molecule has 0 fully saturated rings. The Labute approximate surface area is 146 Å². The highest BCUT2D eigenvalue weighted by Gasteiger charge is 2.30. The van der Waals surface area contributed by atoms with E-state index in [9.17, 15) is 22.8 Å². The average molecular weight is 374 g/mol. The molecule has 0 saturated carbocycles. The molecule has 0 N–H and O–H groups in total. The summed E-state index contributed by atoms with van der Waals surface area (Å²) in [6.45, 7) is 3.05. The highest BCUT2D eigenvalue weighted by Crippen LogP contribution is 2.23. The number of carbonyl (C=O) groups excluding carboxylic acids is 2. The van der Waals surface area contributed by atoms with Crippen LogP contribution in [0.1, 0.15) is 32.4 Å². The molecule has 0 radical (unpaired) electrons. The summed E-state index contributed by atoms with van der Waals surface area (Å²) < 4.78 is 43.7. The highest BCUT2D eigenvalue weighted by molar-refractivity contribution is 7.09. The van der Waals surface area contributed by atoms with E-state index in [1.807, 2.05) is 0 Å². The van der Waals surface area contributed by atoms with E-state index >= 15 is 0 Å². The minimum absolute atomic E-state index is 0.0509. The second-order valence-corrected chi connectivity index (χ2v) is 6.67. The van der Waals surface area contributed by atoms with Crippen LogP contribution < -0.4 is 0 Å². The van der Waals surface area contributed by atoms with Crippen molar-refractivity contribution in [3.63, 3.8) is 0 Å². The van der Waals surface area contributed by atoms with Gasteiger partial charge >= 0.3 is 12.1 Å². The van der Waals surface area contributed by atoms with Gasteiger partial charge in [0, 0.05) is 22.3 Å². The molecule has 0 aliphatic heterocycles. The standard InChI is InChI=1S/C16H17F3N2O3S/c1-9-4-13(10(2)21(9)8-16(17,18)19)14(22)6-24-15(23)5-12-7-25-11(3)20-12/h4,7H,5-6,8H2,1-3H3. The first-order chi connectivity index (χ1) is 11.6. The molecule has 0 aliphatic carbocycles. The third-order valence-corrected chi connectivity index (χ3v) is 4.39. The first kappa shape index (κ1) is 19.2. The Kier molecular flexibility index (Phi) is 5.66. The summed E-state index contributed by atoms with van der Waals surface area (Å²) in [5.74, 6) is -1.15. The number of ether oxygens (including phenoxy) is 1. The lowest BCUT2D eigenvalue weighted by atomic mass is 10.1. The number of aryl methyl sites for hydroxylation is 2. The van der Waals surface area contributed by atoms with Crippen LogP contribution in [0.2, 0.25) is 0 Å². The molecule has 136 valence electrons. The molecule has 9 heteroatoms. The lowest BCUT2D eigenvalue weighted by Gasteiger charge is -2.12. The molecule has 0 aromatic carbocycles. The summed E-state index contributed by atoms with van der Waals surface area (Å²) in [6, 6.07) is 1.38. The van der Waals surface area contributed by atoms with Crippen molar-refractivity contribution >= 4 is 23.1 Å². The van der Waals surface area contributed by atoms with Gasteiger partial charge < -0.3 is 9.30 Å². The predicted molar refractivity (Wildman–Crippen MR) is 85.8 cm³/mol. The lowest BCUT2D eigenvalue weighted by Crippen LogP contribution is -2.20. The Morgan fingerprint density at radius 2 is 1.96 bits per heavy atom. The molecule has 0 atom stereocenters. The van der Waals surface area contributed by atoms with Gasteiger partial charge in [-0.1, -0.05) is 0 Å². The summed E-state index contributed by atoms with van der Waals surface area (Å²) in [5, 5.41) is 2.54. The Morgan fingerprint density at radius 1 is 1.28 bits per heavy atom. The number of hydrogen-bond acceptors (Lipinski definition) is 5. The van der Waals surface area contributed by atoms with Crippen LogP contribution in [0.25, 0.3) is 0 Å². The molecule has 0 saturated heterocycles. The highest BCUT2D eigenvalue weighted by atomic mass is 32.1. The number of ketones is 1. The van der Waals surface area contributed by atoms with Gasteiger partial charge in [-0.15, -0.1) is 11.3 Å². The minimum atomic E-state index is -4.38. The molecular formula is C16H17F3N2O3S. The van der Waals surface area contributed by atoms with E-state index in [1.54, 1.807) is 12.3 Å². The fraction of sp³-hybridized carbons (Fsp3) is 0.438. The van der Waals surface area contributed by atoms with Gasteiger partial charge in [-0.3, -0.25) is 9.59 Å². The van der Waals surface area contributed by atoms with Crippen molar-refractivity contribution < 1.29 is 27.5 Å². The van der Waals surface area contributed by atoms with E-state index in [2.05, 4.69) is 4.98 Å². The lowest BCUT2D eigenvalue weighted by molar-refractivity contribution is -0.142. The summed E-state index contributed by atoms with van der Waals surface area (Å²) in [7, 11) is 0. The molecule has 5 nitrogen and oxygen atoms in total. The summed E-state index contributed by atoms with van der Waals surface area (Å²) in [5.41, 5.74) is 1.20. The third-order valence-electron chi connectivity index (χ3n) is 3.57. The van der Waals surface area contributed by atoms with E-state index in [1.165, 1.54) is 31.3 Å². The van der Waals surface area contributed by atoms with Crippen molar-refractivity contribution in [3.8, 4) is 0 Å². The second-order valence-electron chi connectivity index (χ2n) is 5.60. The molecule has 0 aliphatic rings. The van der Waals surface area contributed by atoms with Crippen LogP contribution in [0.15, 0.2) is 11.4 Å². The molecule has 0 spiro atoms. The average Bonchev–Trinajstić information content (AvgIpc) is 3.01. The molecular weight excluding hydrogens is 357 g/mol. The number of hydrogen-bond donors (Lipinski definition) is 0. The number of Topliss-reactive ketones (excluding diaryl/α,β-unsaturated/α-hetero) is 1. The third kappa shape index (κ3) is 5.15. The van der Waals surface area contributed by atoms with Crippen molar-refractivity contribution in [1.82, 2.24) is 9.55 Å². The molecule has 2 rings (SSSR count). The Balaban J connectivity index is 1.99. The van der Waals surface area contributed by atoms with E-state index in [4.69, 9.17) is 4.74 Å². The van der Waals surface area contributed by atoms with Crippen LogP contribution in [0, 0.1) is 20.8 Å². The molecule has 2 aromatic heterocycles. The number of rotatable bonds is 6. The van der Waals surface area contributed by atoms with Gasteiger partial charge in [0.2, 0.25) is 5.78 Å². The number of carbonyl (C=O) groups is 2. The molecule has 0 amide bonds. The van der Waals surface area contributed by atoms with Crippen molar-refractivity contribution in [2.24, 2.45) is 0 Å². The van der Waals surface area contributed by atoms with Crippen LogP contribution >= 0.6 is 11.3 Å². The molecule has 2 heterocycles. The SMILES string of the molecule is Cc1nc(CC(=O)OCC(=O)c2cc(C)n(CC(F)(F)F)c2C)cs1. The minimum Gasteiger partial charge on any atom is -0.457 e. The van der Waals surface area contributed by atoms with Gasteiger partial charge in [-0.25, -0.2) is 4.98 Å². The van der Waals surface area contributed by atoms with Crippen molar-refractivity contribution in [2.45, 2.75) is 39.9 Å². The molecule has 2 aromatic rings. The van der Waals surface area contributed by atoms with Crippen LogP contribution in [0.4, 0.5) is 13.2 Å². The van der Waals surface area contributed by atoms with E-state index in [-0.39, 0.29) is 17.7 Å². The molecule has 0 unspecified atom stereocenters. The van der Waals surface area contributed by atoms with Crippen molar-refractivity contribution in [1.29, 1.82) is 0 Å². The fourth-order valence-electron chi connectivity index (χ4n) is 2.42. The number of halogens is 3. The summed E-state index contributed by atoms with van der Waals surface area (Å²) >= 11 is 1.40. The van der Waals surface area contributed by atoms with Crippen molar-refractivity contribution in [2.75, 3.05) is 6.61 Å². The zero-order chi connectivity index (χ0) is 18.8. The zero-order valence-corrected chi connectivity index (χ0v) is 14.8. The quantitative estimate of drug-likeness (QED) is 0.574. The summed E-state index contributed by atoms with van der Waals surface area (Å²) in [6.07, 6.45) is -4.43. The number of esters is 1. The maximum absolute atomic E-state index is 12.6. The van der Waals surface area contributed by atoms with Crippen molar-refractivity contribution in [3.05, 3.63) is 39.1 Å². The fourth-order valence-corrected chi connectivity index (χ4v) is 3.03. The molecule has 25 heavy (non-hydrogen) atoms. The first-order valence-corrected chi connectivity index (χ1v) is 8.28. The van der Waals surface area contributed by atoms with Gasteiger partial charge in [0.15, 0.2) is 6.61 Å². The van der Waals surface area contributed by atoms with Crippen LogP contribution in [0.3, 0.4) is 0 Å². The second kappa shape index (κ2) is 7.38. The Hall–Kier alpha value is -2.16. The van der Waals surface area contributed by atoms with E-state index < -0.39 is 31.1 Å². The predicted octanol–water partition coefficient (Wildman–Crippen LogP) is 3.40. The monoisotopic (exact) mass is 374 g/mol. The Morgan fingerprint density at radius 3 is 2.52 bits per heavy atom. The van der Waals surface area contributed by atoms with Gasteiger partial charge in [0.05, 0.1) is 17.1 Å². The van der Waals surface area contributed by atoms with E-state index in [0.29, 0.717) is 11.4 Å². The van der Waals surface area contributed by atoms with Crippen LogP contribution in [0.5, 0.6) is 0 Å². The number of alkyl halides is 3. The number of aromatic nitrogens is 2. The molecule has 0 bridgehead atoms. The largest absolute Gasteiger partial charge is 0.457 e. The van der Waals surface area contributed by atoms with Crippen LogP contribution in [-0.4, -0.2) is 34.1 Å². The number of thiazole rings is 1. The summed E-state index contributed by atoms with van der Waals surface area (Å²) in [4.78, 5) is 28.0. The maximum atomic E-state index is 12.6. The maximum Gasteiger partial charge on any atom is 0.406 e. The normalized spacial score (nSPS) is 11.6. The number of nitrogens with zero attached hydrogens (tertiary/aromatic N) is 2.